The molecule has 1 aliphatic heterocycles. The number of carbonyl (C=O) groups is 3. The molecule has 0 radical (unpaired) electrons. The SMILES string of the molecule is CNC(=O)c1ccccc1Nc1nc(Nc2ccc3c(c2)NC(=O)CN(C(=O)OCc2ccccc2)C3)ncc1Cl. The van der Waals surface area contributed by atoms with Crippen LogP contribution in [-0.4, -0.2) is 46.4 Å². The van der Waals surface area contributed by atoms with Gasteiger partial charge in [-0.25, -0.2) is 9.78 Å². The molecule has 0 unspecified atom stereocenters. The first kappa shape index (κ1) is 27.4. The number of hydrogen-bond donors (Lipinski definition) is 4. The number of amides is 3. The normalized spacial score (nSPS) is 12.4. The Labute approximate surface area is 240 Å². The summed E-state index contributed by atoms with van der Waals surface area (Å²) in [7, 11) is 1.55. The number of benzene rings is 3. The van der Waals surface area contributed by atoms with Crippen molar-refractivity contribution >= 4 is 58.3 Å². The van der Waals surface area contributed by atoms with Crippen LogP contribution in [0.25, 0.3) is 0 Å². The van der Waals surface area contributed by atoms with Crippen molar-refractivity contribution in [3.63, 3.8) is 0 Å². The smallest absolute Gasteiger partial charge is 0.410 e. The van der Waals surface area contributed by atoms with Gasteiger partial charge >= 0.3 is 6.09 Å². The molecule has 4 N–H and O–H groups in total. The van der Waals surface area contributed by atoms with Gasteiger partial charge in [0.25, 0.3) is 5.91 Å². The second-order valence-electron chi connectivity index (χ2n) is 9.08. The van der Waals surface area contributed by atoms with E-state index in [1.165, 1.54) is 11.1 Å². The first-order valence-corrected chi connectivity index (χ1v) is 13.0. The lowest BCUT2D eigenvalue weighted by Gasteiger charge is -2.19. The summed E-state index contributed by atoms with van der Waals surface area (Å²) in [5, 5.41) is 11.9. The van der Waals surface area contributed by atoms with E-state index in [-0.39, 0.29) is 42.5 Å². The molecular weight excluding hydrogens is 546 g/mol. The highest BCUT2D eigenvalue weighted by Gasteiger charge is 2.25. The highest BCUT2D eigenvalue weighted by molar-refractivity contribution is 6.33. The van der Waals surface area contributed by atoms with Gasteiger partial charge in [0, 0.05) is 18.4 Å². The van der Waals surface area contributed by atoms with Crippen LogP contribution >= 0.6 is 11.6 Å². The van der Waals surface area contributed by atoms with Gasteiger partial charge in [-0.1, -0.05) is 60.1 Å². The zero-order chi connectivity index (χ0) is 28.8. The zero-order valence-corrected chi connectivity index (χ0v) is 22.7. The van der Waals surface area contributed by atoms with Crippen molar-refractivity contribution in [3.8, 4) is 0 Å². The fraction of sp³-hybridized carbons (Fsp3) is 0.138. The summed E-state index contributed by atoms with van der Waals surface area (Å²) >= 11 is 6.33. The van der Waals surface area contributed by atoms with Gasteiger partial charge in [-0.3, -0.25) is 14.5 Å². The van der Waals surface area contributed by atoms with Gasteiger partial charge in [0.1, 0.15) is 18.2 Å². The molecule has 0 aliphatic carbocycles. The van der Waals surface area contributed by atoms with Crippen molar-refractivity contribution in [2.45, 2.75) is 13.2 Å². The molecule has 2 heterocycles. The van der Waals surface area contributed by atoms with Crippen molar-refractivity contribution in [2.75, 3.05) is 29.5 Å². The highest BCUT2D eigenvalue weighted by atomic mass is 35.5. The fourth-order valence-corrected chi connectivity index (χ4v) is 4.31. The molecule has 0 atom stereocenters. The summed E-state index contributed by atoms with van der Waals surface area (Å²) in [6, 6.07) is 21.6. The summed E-state index contributed by atoms with van der Waals surface area (Å²) in [6.07, 6.45) is 0.859. The number of para-hydroxylation sites is 1. The van der Waals surface area contributed by atoms with Crippen LogP contribution in [0.1, 0.15) is 21.5 Å². The number of aromatic nitrogens is 2. The zero-order valence-electron chi connectivity index (χ0n) is 22.0. The molecule has 1 aromatic heterocycles. The summed E-state index contributed by atoms with van der Waals surface area (Å²) in [5.41, 5.74) is 3.70. The van der Waals surface area contributed by atoms with Crippen molar-refractivity contribution in [2.24, 2.45) is 0 Å². The van der Waals surface area contributed by atoms with Crippen molar-refractivity contribution in [1.82, 2.24) is 20.2 Å². The summed E-state index contributed by atoms with van der Waals surface area (Å²) in [5.74, 6) is -0.0678. The van der Waals surface area contributed by atoms with Gasteiger partial charge in [0.05, 0.1) is 24.0 Å². The van der Waals surface area contributed by atoms with E-state index in [1.807, 2.05) is 30.3 Å². The third-order valence-corrected chi connectivity index (χ3v) is 6.47. The molecule has 3 amide bonds. The maximum absolute atomic E-state index is 12.7. The maximum Gasteiger partial charge on any atom is 0.410 e. The number of ether oxygens (including phenoxy) is 1. The van der Waals surface area contributed by atoms with Crippen molar-refractivity contribution in [3.05, 3.63) is 101 Å². The Balaban J connectivity index is 1.30. The van der Waals surface area contributed by atoms with Gasteiger partial charge in [0.15, 0.2) is 5.82 Å². The van der Waals surface area contributed by atoms with Gasteiger partial charge < -0.3 is 26.0 Å². The minimum Gasteiger partial charge on any atom is -0.445 e. The number of anilines is 5. The number of fused-ring (bicyclic) bond motifs is 1. The number of halogens is 1. The Morgan fingerprint density at radius 2 is 1.80 bits per heavy atom. The van der Waals surface area contributed by atoms with Crippen molar-refractivity contribution in [1.29, 1.82) is 0 Å². The molecule has 4 aromatic rings. The summed E-state index contributed by atoms with van der Waals surface area (Å²) in [6.45, 7) is 0.166. The van der Waals surface area contributed by atoms with Gasteiger partial charge in [-0.05, 0) is 35.4 Å². The van der Waals surface area contributed by atoms with E-state index in [4.69, 9.17) is 16.3 Å². The average molecular weight is 572 g/mol. The van der Waals surface area contributed by atoms with E-state index in [9.17, 15) is 14.4 Å². The monoisotopic (exact) mass is 571 g/mol. The van der Waals surface area contributed by atoms with Crippen LogP contribution < -0.4 is 21.3 Å². The molecule has 0 bridgehead atoms. The number of hydrogen-bond acceptors (Lipinski definition) is 8. The topological polar surface area (TPSA) is 138 Å². The molecule has 41 heavy (non-hydrogen) atoms. The molecule has 1 aliphatic rings. The predicted octanol–water partition coefficient (Wildman–Crippen LogP) is 5.07. The van der Waals surface area contributed by atoms with Crippen LogP contribution in [0.2, 0.25) is 5.02 Å². The van der Waals surface area contributed by atoms with Crippen LogP contribution in [0.15, 0.2) is 79.0 Å². The highest BCUT2D eigenvalue weighted by Crippen LogP contribution is 2.29. The van der Waals surface area contributed by atoms with Crippen LogP contribution in [0.3, 0.4) is 0 Å². The Bertz CT molecular complexity index is 1600. The van der Waals surface area contributed by atoms with Crippen LogP contribution in [0, 0.1) is 0 Å². The third-order valence-electron chi connectivity index (χ3n) is 6.20. The molecular formula is C29H26ClN7O4. The van der Waals surface area contributed by atoms with E-state index in [0.29, 0.717) is 28.4 Å². The molecule has 5 rings (SSSR count). The number of carbonyl (C=O) groups excluding carboxylic acids is 3. The molecule has 0 saturated carbocycles. The predicted molar refractivity (Wildman–Crippen MR) is 156 cm³/mol. The lowest BCUT2D eigenvalue weighted by Crippen LogP contribution is -2.35. The summed E-state index contributed by atoms with van der Waals surface area (Å²) in [4.78, 5) is 47.6. The molecule has 11 nitrogen and oxygen atoms in total. The average Bonchev–Trinajstić information content (AvgIpc) is 3.15. The molecule has 0 fully saturated rings. The second kappa shape index (κ2) is 12.3. The minimum absolute atomic E-state index is 0.114. The largest absolute Gasteiger partial charge is 0.445 e. The first-order valence-electron chi connectivity index (χ1n) is 12.7. The number of nitrogens with one attached hydrogen (secondary N) is 4. The molecule has 208 valence electrons. The fourth-order valence-electron chi connectivity index (χ4n) is 4.17. The van der Waals surface area contributed by atoms with E-state index in [1.54, 1.807) is 49.5 Å². The molecule has 0 saturated heterocycles. The third kappa shape index (κ3) is 6.71. The minimum atomic E-state index is -0.577. The lowest BCUT2D eigenvalue weighted by atomic mass is 10.1. The Kier molecular flexibility index (Phi) is 8.26. The van der Waals surface area contributed by atoms with Gasteiger partial charge in [-0.2, -0.15) is 4.98 Å². The van der Waals surface area contributed by atoms with Crippen LogP contribution in [-0.2, 0) is 22.7 Å². The van der Waals surface area contributed by atoms with Crippen LogP contribution in [0.4, 0.5) is 33.6 Å². The van der Waals surface area contributed by atoms with E-state index < -0.39 is 6.09 Å². The van der Waals surface area contributed by atoms with E-state index >= 15 is 0 Å². The molecule has 12 heteroatoms. The van der Waals surface area contributed by atoms with E-state index in [0.717, 1.165) is 11.1 Å². The number of rotatable bonds is 7. The first-order chi connectivity index (χ1) is 19.9. The molecule has 3 aromatic carbocycles. The van der Waals surface area contributed by atoms with Gasteiger partial charge in [-0.15, -0.1) is 0 Å². The van der Waals surface area contributed by atoms with Crippen LogP contribution in [0.5, 0.6) is 0 Å². The number of nitrogens with zero attached hydrogens (tertiary/aromatic N) is 3. The Hall–Kier alpha value is -5.16. The standard InChI is InChI=1S/C29H26ClN7O4/c1-31-27(39)21-9-5-6-10-23(21)35-26-22(30)14-32-28(36-26)33-20-12-11-19-15-37(16-25(38)34-24(19)13-20)29(40)41-17-18-7-3-2-4-8-18/h2-14H,15-17H2,1H3,(H,31,39)(H,34,38)(H2,32,33,35,36). The quantitative estimate of drug-likeness (QED) is 0.241. The molecule has 0 spiro atoms. The Morgan fingerprint density at radius 1 is 1.02 bits per heavy atom. The summed E-state index contributed by atoms with van der Waals surface area (Å²) < 4.78 is 5.42. The lowest BCUT2D eigenvalue weighted by molar-refractivity contribution is -0.117. The Morgan fingerprint density at radius 3 is 2.61 bits per heavy atom. The van der Waals surface area contributed by atoms with Gasteiger partial charge in [0.2, 0.25) is 11.9 Å². The van der Waals surface area contributed by atoms with Crippen molar-refractivity contribution < 1.29 is 19.1 Å². The van der Waals surface area contributed by atoms with E-state index in [2.05, 4.69) is 31.2 Å². The second-order valence-corrected chi connectivity index (χ2v) is 9.49. The maximum atomic E-state index is 12.7.